The van der Waals surface area contributed by atoms with Crippen molar-refractivity contribution in [2.24, 2.45) is 11.8 Å². The van der Waals surface area contributed by atoms with E-state index in [2.05, 4.69) is 17.0 Å². The van der Waals surface area contributed by atoms with Crippen molar-refractivity contribution in [1.29, 1.82) is 0 Å². The van der Waals surface area contributed by atoms with Gasteiger partial charge < -0.3 is 10.1 Å². The van der Waals surface area contributed by atoms with Crippen LogP contribution in [0.2, 0.25) is 0 Å². The van der Waals surface area contributed by atoms with Crippen LogP contribution in [0.1, 0.15) is 6.92 Å². The number of benzene rings is 1. The first kappa shape index (κ1) is 14.1. The minimum Gasteiger partial charge on any atom is -0.493 e. The lowest BCUT2D eigenvalue weighted by Crippen LogP contribution is -2.18. The maximum Gasteiger partial charge on any atom is 0.229 e. The molecule has 0 aromatic heterocycles. The molecule has 0 radical (unpaired) electrons. The fraction of sp³-hybridized carbons (Fsp3) is 0.538. The van der Waals surface area contributed by atoms with Crippen molar-refractivity contribution < 1.29 is 13.2 Å². The Hall–Kier alpha value is -1.27. The highest BCUT2D eigenvalue weighted by Gasteiger charge is 2.23. The van der Waals surface area contributed by atoms with Crippen LogP contribution in [0.3, 0.4) is 0 Å². The van der Waals surface area contributed by atoms with Gasteiger partial charge in [-0.2, -0.15) is 0 Å². The highest BCUT2D eigenvalue weighted by Crippen LogP contribution is 2.20. The van der Waals surface area contributed by atoms with Crippen molar-refractivity contribution in [3.63, 3.8) is 0 Å². The van der Waals surface area contributed by atoms with E-state index in [4.69, 9.17) is 4.74 Å². The Morgan fingerprint density at radius 3 is 2.53 bits per heavy atom. The molecule has 6 heteroatoms. The highest BCUT2D eigenvalue weighted by atomic mass is 32.2. The van der Waals surface area contributed by atoms with Gasteiger partial charge in [-0.15, -0.1) is 0 Å². The van der Waals surface area contributed by atoms with E-state index in [0.717, 1.165) is 25.1 Å². The van der Waals surface area contributed by atoms with E-state index in [0.29, 0.717) is 24.1 Å². The van der Waals surface area contributed by atoms with Crippen LogP contribution in [-0.4, -0.2) is 34.4 Å². The number of hydrogen-bond donors (Lipinski definition) is 2. The lowest BCUT2D eigenvalue weighted by atomic mass is 9.99. The molecule has 0 amide bonds. The molecule has 0 bridgehead atoms. The molecule has 0 aliphatic carbocycles. The van der Waals surface area contributed by atoms with E-state index in [1.54, 1.807) is 24.3 Å². The summed E-state index contributed by atoms with van der Waals surface area (Å²) in [6.07, 6.45) is 1.13. The summed E-state index contributed by atoms with van der Waals surface area (Å²) in [6, 6.07) is 6.96. The van der Waals surface area contributed by atoms with Crippen molar-refractivity contribution in [2.75, 3.05) is 30.7 Å². The summed E-state index contributed by atoms with van der Waals surface area (Å²) in [5, 5.41) is 3.34. The molecule has 2 unspecified atom stereocenters. The van der Waals surface area contributed by atoms with Gasteiger partial charge in [-0.05, 0) is 36.7 Å². The first-order valence-electron chi connectivity index (χ1n) is 6.35. The number of anilines is 1. The van der Waals surface area contributed by atoms with E-state index in [1.165, 1.54) is 0 Å². The largest absolute Gasteiger partial charge is 0.493 e. The lowest BCUT2D eigenvalue weighted by Gasteiger charge is -2.15. The van der Waals surface area contributed by atoms with E-state index in [-0.39, 0.29) is 0 Å². The highest BCUT2D eigenvalue weighted by molar-refractivity contribution is 7.92. The van der Waals surface area contributed by atoms with Crippen molar-refractivity contribution in [3.8, 4) is 5.75 Å². The van der Waals surface area contributed by atoms with Gasteiger partial charge in [-0.3, -0.25) is 4.72 Å². The molecule has 0 spiro atoms. The Kier molecular flexibility index (Phi) is 4.31. The molecule has 0 saturated carbocycles. The molecular weight excluding hydrogens is 264 g/mol. The molecule has 106 valence electrons. The van der Waals surface area contributed by atoms with Crippen molar-refractivity contribution in [1.82, 2.24) is 5.32 Å². The minimum absolute atomic E-state index is 0.536. The van der Waals surface area contributed by atoms with Crippen LogP contribution in [-0.2, 0) is 10.0 Å². The van der Waals surface area contributed by atoms with Gasteiger partial charge >= 0.3 is 0 Å². The smallest absolute Gasteiger partial charge is 0.229 e. The topological polar surface area (TPSA) is 67.4 Å². The minimum atomic E-state index is -3.22. The lowest BCUT2D eigenvalue weighted by molar-refractivity contribution is 0.233. The van der Waals surface area contributed by atoms with Crippen LogP contribution in [0, 0.1) is 11.8 Å². The van der Waals surface area contributed by atoms with Crippen LogP contribution in [0.4, 0.5) is 5.69 Å². The second kappa shape index (κ2) is 5.79. The van der Waals surface area contributed by atoms with Crippen molar-refractivity contribution >= 4 is 15.7 Å². The molecule has 2 N–H and O–H groups in total. The standard InChI is InChI=1S/C13H20N2O3S/c1-10-7-14-8-11(10)9-18-13-5-3-12(4-6-13)15-19(2,16)17/h3-6,10-11,14-15H,7-9H2,1-2H3. The third-order valence-corrected chi connectivity index (χ3v) is 3.91. The summed E-state index contributed by atoms with van der Waals surface area (Å²) < 4.78 is 30.3. The molecule has 5 nitrogen and oxygen atoms in total. The summed E-state index contributed by atoms with van der Waals surface area (Å²) in [5.41, 5.74) is 0.547. The summed E-state index contributed by atoms with van der Waals surface area (Å²) >= 11 is 0. The SMILES string of the molecule is CC1CNCC1COc1ccc(NS(C)(=O)=O)cc1. The van der Waals surface area contributed by atoms with E-state index >= 15 is 0 Å². The maximum atomic E-state index is 11.1. The molecule has 1 aromatic rings. The fourth-order valence-corrected chi connectivity index (χ4v) is 2.69. The van der Waals surface area contributed by atoms with Gasteiger partial charge in [0.25, 0.3) is 0 Å². The van der Waals surface area contributed by atoms with Gasteiger partial charge in [0.2, 0.25) is 10.0 Å². The van der Waals surface area contributed by atoms with Gasteiger partial charge in [0.05, 0.1) is 12.9 Å². The van der Waals surface area contributed by atoms with Gasteiger partial charge in [-0.1, -0.05) is 6.92 Å². The quantitative estimate of drug-likeness (QED) is 0.855. The molecule has 2 rings (SSSR count). The molecule has 1 aromatic carbocycles. The molecule has 1 fully saturated rings. The molecule has 1 aliphatic rings. The number of rotatable bonds is 5. The zero-order valence-corrected chi connectivity index (χ0v) is 12.0. The average Bonchev–Trinajstić information content (AvgIpc) is 2.72. The maximum absolute atomic E-state index is 11.1. The fourth-order valence-electron chi connectivity index (χ4n) is 2.12. The van der Waals surface area contributed by atoms with Crippen LogP contribution < -0.4 is 14.8 Å². The molecule has 1 heterocycles. The predicted octanol–water partition coefficient (Wildman–Crippen LogP) is 1.29. The summed E-state index contributed by atoms with van der Waals surface area (Å²) in [6.45, 7) is 4.94. The Morgan fingerprint density at radius 1 is 1.32 bits per heavy atom. The second-order valence-electron chi connectivity index (χ2n) is 5.11. The average molecular weight is 284 g/mol. The Labute approximate surface area is 114 Å². The zero-order chi connectivity index (χ0) is 13.9. The summed E-state index contributed by atoms with van der Waals surface area (Å²) in [7, 11) is -3.22. The Balaban J connectivity index is 1.88. The van der Waals surface area contributed by atoms with E-state index in [9.17, 15) is 8.42 Å². The first-order valence-corrected chi connectivity index (χ1v) is 8.24. The first-order chi connectivity index (χ1) is 8.94. The second-order valence-corrected chi connectivity index (χ2v) is 6.85. The summed E-state index contributed by atoms with van der Waals surface area (Å²) in [5.74, 6) is 1.93. The van der Waals surface area contributed by atoms with Crippen molar-refractivity contribution in [3.05, 3.63) is 24.3 Å². The Morgan fingerprint density at radius 2 is 2.00 bits per heavy atom. The molecule has 1 aliphatic heterocycles. The molecule has 1 saturated heterocycles. The molecular formula is C13H20N2O3S. The normalized spacial score (nSPS) is 23.3. The van der Waals surface area contributed by atoms with Gasteiger partial charge in [0.1, 0.15) is 5.75 Å². The number of hydrogen-bond acceptors (Lipinski definition) is 4. The van der Waals surface area contributed by atoms with Crippen LogP contribution in [0.25, 0.3) is 0 Å². The monoisotopic (exact) mass is 284 g/mol. The van der Waals surface area contributed by atoms with E-state index < -0.39 is 10.0 Å². The molecule has 19 heavy (non-hydrogen) atoms. The number of nitrogens with one attached hydrogen (secondary N) is 2. The third-order valence-electron chi connectivity index (χ3n) is 3.30. The molecule has 2 atom stereocenters. The predicted molar refractivity (Wildman–Crippen MR) is 75.9 cm³/mol. The van der Waals surface area contributed by atoms with Crippen molar-refractivity contribution in [2.45, 2.75) is 6.92 Å². The number of sulfonamides is 1. The van der Waals surface area contributed by atoms with Crippen LogP contribution >= 0.6 is 0 Å². The number of ether oxygens (including phenoxy) is 1. The zero-order valence-electron chi connectivity index (χ0n) is 11.2. The third kappa shape index (κ3) is 4.40. The Bertz CT molecular complexity index is 513. The van der Waals surface area contributed by atoms with Crippen LogP contribution in [0.5, 0.6) is 5.75 Å². The summed E-state index contributed by atoms with van der Waals surface area (Å²) in [4.78, 5) is 0. The van der Waals surface area contributed by atoms with Gasteiger partial charge in [0, 0.05) is 18.2 Å². The van der Waals surface area contributed by atoms with Gasteiger partial charge in [-0.25, -0.2) is 8.42 Å². The van der Waals surface area contributed by atoms with Gasteiger partial charge in [0.15, 0.2) is 0 Å². The van der Waals surface area contributed by atoms with E-state index in [1.807, 2.05) is 0 Å². The van der Waals surface area contributed by atoms with Crippen LogP contribution in [0.15, 0.2) is 24.3 Å².